The average Bonchev–Trinajstić information content (AvgIpc) is 3.13. The van der Waals surface area contributed by atoms with Gasteiger partial charge in [0.05, 0.1) is 18.5 Å². The smallest absolute Gasteiger partial charge is 0.305 e. The van der Waals surface area contributed by atoms with E-state index in [1.165, 1.54) is 24.9 Å². The van der Waals surface area contributed by atoms with Crippen molar-refractivity contribution in [3.63, 3.8) is 0 Å². The summed E-state index contributed by atoms with van der Waals surface area (Å²) in [5.74, 6) is -0.0897. The number of methoxy groups -OCH3 is 1. The third-order valence-electron chi connectivity index (χ3n) is 4.86. The van der Waals surface area contributed by atoms with Gasteiger partial charge in [0.25, 0.3) is 0 Å². The molecule has 9 heteroatoms. The van der Waals surface area contributed by atoms with Gasteiger partial charge in [0.1, 0.15) is 11.9 Å². The average molecular weight is 489 g/mol. The second kappa shape index (κ2) is 8.69. The summed E-state index contributed by atoms with van der Waals surface area (Å²) in [4.78, 5) is 16.7. The lowest BCUT2D eigenvalue weighted by Gasteiger charge is -2.13. The molecule has 0 saturated heterocycles. The molecule has 6 nitrogen and oxygen atoms in total. The molecular weight excluding hydrogens is 471 g/mol. The summed E-state index contributed by atoms with van der Waals surface area (Å²) in [5, 5.41) is 9.36. The number of aliphatic imine (C=N–C) groups is 1. The minimum atomic E-state index is -0.488. The Kier molecular flexibility index (Phi) is 6.01. The normalized spacial score (nSPS) is 15.1. The van der Waals surface area contributed by atoms with Crippen molar-refractivity contribution in [2.45, 2.75) is 24.0 Å². The quantitative estimate of drug-likeness (QED) is 0.383. The number of halogens is 2. The number of aromatic nitrogens is 3. The van der Waals surface area contributed by atoms with Crippen LogP contribution in [0.4, 0.5) is 4.39 Å². The van der Waals surface area contributed by atoms with E-state index in [2.05, 4.69) is 26.1 Å². The number of hydrogen-bond acceptors (Lipinski definition) is 6. The van der Waals surface area contributed by atoms with Crippen molar-refractivity contribution >= 4 is 39.4 Å². The Bertz CT molecular complexity index is 1150. The van der Waals surface area contributed by atoms with Crippen LogP contribution in [0.5, 0.6) is 0 Å². The maximum absolute atomic E-state index is 14.8. The van der Waals surface area contributed by atoms with Gasteiger partial charge in [0.2, 0.25) is 0 Å². The summed E-state index contributed by atoms with van der Waals surface area (Å²) in [6, 6.07) is 11.8. The molecule has 1 aliphatic heterocycles. The van der Waals surface area contributed by atoms with Gasteiger partial charge in [-0.25, -0.2) is 4.39 Å². The SMILES string of the molecule is COC(=O)CC[C@@H]1N=C(c2ccccc2F)c2cc(Br)ccc2-n2c(SC)nnc21. The first-order chi connectivity index (χ1) is 14.5. The van der Waals surface area contributed by atoms with E-state index in [4.69, 9.17) is 9.73 Å². The van der Waals surface area contributed by atoms with E-state index in [9.17, 15) is 9.18 Å². The molecule has 0 fully saturated rings. The zero-order chi connectivity index (χ0) is 21.3. The predicted molar refractivity (Wildman–Crippen MR) is 117 cm³/mol. The van der Waals surface area contributed by atoms with E-state index in [1.54, 1.807) is 18.2 Å². The molecular formula is C21H18BrFN4O2S. The summed E-state index contributed by atoms with van der Waals surface area (Å²) < 4.78 is 22.4. The molecule has 2 heterocycles. The third-order valence-corrected chi connectivity index (χ3v) is 5.98. The number of benzene rings is 2. The first-order valence-corrected chi connectivity index (χ1v) is 11.2. The number of fused-ring (bicyclic) bond motifs is 3. The van der Waals surface area contributed by atoms with Gasteiger partial charge in [-0.05, 0) is 43.0 Å². The molecule has 1 atom stereocenters. The predicted octanol–water partition coefficient (Wildman–Crippen LogP) is 4.74. The van der Waals surface area contributed by atoms with Crippen molar-refractivity contribution in [1.82, 2.24) is 14.8 Å². The van der Waals surface area contributed by atoms with Gasteiger partial charge in [-0.3, -0.25) is 14.4 Å². The van der Waals surface area contributed by atoms with E-state index in [-0.39, 0.29) is 18.2 Å². The summed E-state index contributed by atoms with van der Waals surface area (Å²) in [6.45, 7) is 0. The largest absolute Gasteiger partial charge is 0.469 e. The van der Waals surface area contributed by atoms with E-state index in [0.717, 1.165) is 15.7 Å². The van der Waals surface area contributed by atoms with Gasteiger partial charge >= 0.3 is 5.97 Å². The fourth-order valence-corrected chi connectivity index (χ4v) is 4.31. The van der Waals surface area contributed by atoms with Crippen LogP contribution in [-0.2, 0) is 9.53 Å². The molecule has 0 radical (unpaired) electrons. The highest BCUT2D eigenvalue weighted by atomic mass is 79.9. The second-order valence-corrected chi connectivity index (χ2v) is 8.32. The van der Waals surface area contributed by atoms with Crippen LogP contribution in [0.2, 0.25) is 0 Å². The van der Waals surface area contributed by atoms with Gasteiger partial charge in [0.15, 0.2) is 11.0 Å². The fraction of sp³-hybridized carbons (Fsp3) is 0.238. The number of esters is 1. The van der Waals surface area contributed by atoms with E-state index in [0.29, 0.717) is 28.7 Å². The standard InChI is InChI=1S/C21H18BrFN4O2S/c1-29-18(28)10-8-16-20-25-26-21(30-2)27(20)17-9-7-12(22)11-14(17)19(24-16)13-5-3-4-6-15(13)23/h3-7,9,11,16H,8,10H2,1-2H3/t16-/m0/s1. The van der Waals surface area contributed by atoms with Crippen LogP contribution in [0.15, 0.2) is 57.1 Å². The molecule has 0 unspecified atom stereocenters. The van der Waals surface area contributed by atoms with Gasteiger partial charge in [0, 0.05) is 22.0 Å². The molecule has 1 aliphatic rings. The Hall–Kier alpha value is -2.52. The Morgan fingerprint density at radius 2 is 2.03 bits per heavy atom. The number of carbonyl (C=O) groups is 1. The lowest BCUT2D eigenvalue weighted by Crippen LogP contribution is -2.10. The highest BCUT2D eigenvalue weighted by Gasteiger charge is 2.30. The maximum Gasteiger partial charge on any atom is 0.305 e. The van der Waals surface area contributed by atoms with Crippen LogP contribution in [-0.4, -0.2) is 39.8 Å². The number of nitrogens with zero attached hydrogens (tertiary/aromatic N) is 4. The summed E-state index contributed by atoms with van der Waals surface area (Å²) in [5.41, 5.74) is 2.47. The number of ether oxygens (including phenoxy) is 1. The van der Waals surface area contributed by atoms with Crippen molar-refractivity contribution in [3.8, 4) is 5.69 Å². The van der Waals surface area contributed by atoms with Gasteiger partial charge in [-0.15, -0.1) is 10.2 Å². The van der Waals surface area contributed by atoms with Crippen molar-refractivity contribution < 1.29 is 13.9 Å². The van der Waals surface area contributed by atoms with Crippen molar-refractivity contribution in [2.24, 2.45) is 4.99 Å². The Morgan fingerprint density at radius 1 is 1.23 bits per heavy atom. The molecule has 4 rings (SSSR count). The molecule has 0 spiro atoms. The number of carbonyl (C=O) groups excluding carboxylic acids is 1. The van der Waals surface area contributed by atoms with Crippen LogP contribution < -0.4 is 0 Å². The minimum absolute atomic E-state index is 0.163. The zero-order valence-corrected chi connectivity index (χ0v) is 18.7. The van der Waals surface area contributed by atoms with Crippen LogP contribution >= 0.6 is 27.7 Å². The molecule has 0 saturated carbocycles. The molecule has 0 amide bonds. The van der Waals surface area contributed by atoms with Crippen LogP contribution in [0.25, 0.3) is 5.69 Å². The monoisotopic (exact) mass is 488 g/mol. The van der Waals surface area contributed by atoms with Crippen molar-refractivity contribution in [3.05, 3.63) is 69.7 Å². The molecule has 2 aromatic carbocycles. The molecule has 1 aromatic heterocycles. The number of hydrogen-bond donors (Lipinski definition) is 0. The Balaban J connectivity index is 1.97. The summed E-state index contributed by atoms with van der Waals surface area (Å²) in [6.07, 6.45) is 2.45. The highest BCUT2D eigenvalue weighted by molar-refractivity contribution is 9.10. The van der Waals surface area contributed by atoms with Gasteiger partial charge < -0.3 is 4.74 Å². The van der Waals surface area contributed by atoms with Crippen molar-refractivity contribution in [1.29, 1.82) is 0 Å². The maximum atomic E-state index is 14.8. The van der Waals surface area contributed by atoms with Gasteiger partial charge in [-0.2, -0.15) is 0 Å². The fourth-order valence-electron chi connectivity index (χ4n) is 3.45. The summed E-state index contributed by atoms with van der Waals surface area (Å²) >= 11 is 4.98. The minimum Gasteiger partial charge on any atom is -0.469 e. The van der Waals surface area contributed by atoms with E-state index in [1.807, 2.05) is 29.0 Å². The Morgan fingerprint density at radius 3 is 2.77 bits per heavy atom. The van der Waals surface area contributed by atoms with Crippen LogP contribution in [0.3, 0.4) is 0 Å². The number of rotatable bonds is 5. The zero-order valence-electron chi connectivity index (χ0n) is 16.3. The van der Waals surface area contributed by atoms with Gasteiger partial charge in [-0.1, -0.05) is 39.8 Å². The van der Waals surface area contributed by atoms with Crippen molar-refractivity contribution in [2.75, 3.05) is 13.4 Å². The molecule has 0 aliphatic carbocycles. The first kappa shape index (κ1) is 20.7. The topological polar surface area (TPSA) is 69.4 Å². The molecule has 30 heavy (non-hydrogen) atoms. The molecule has 154 valence electrons. The molecule has 0 bridgehead atoms. The highest BCUT2D eigenvalue weighted by Crippen LogP contribution is 2.36. The lowest BCUT2D eigenvalue weighted by atomic mass is 10.00. The van der Waals surface area contributed by atoms with E-state index < -0.39 is 6.04 Å². The van der Waals surface area contributed by atoms with Crippen LogP contribution in [0, 0.1) is 5.82 Å². The van der Waals surface area contributed by atoms with Crippen LogP contribution in [0.1, 0.15) is 35.8 Å². The first-order valence-electron chi connectivity index (χ1n) is 9.22. The lowest BCUT2D eigenvalue weighted by molar-refractivity contribution is -0.140. The van der Waals surface area contributed by atoms with E-state index >= 15 is 0 Å². The number of thioether (sulfide) groups is 1. The Labute approximate surface area is 185 Å². The second-order valence-electron chi connectivity index (χ2n) is 6.63. The third kappa shape index (κ3) is 3.79. The molecule has 3 aromatic rings. The summed E-state index contributed by atoms with van der Waals surface area (Å²) in [7, 11) is 1.35. The molecule has 0 N–H and O–H groups in total.